The van der Waals surface area contributed by atoms with Crippen LogP contribution in [0.4, 0.5) is 4.39 Å². The van der Waals surface area contributed by atoms with E-state index in [9.17, 15) is 14.0 Å². The molecule has 0 fully saturated rings. The SMILES string of the molecule is CCCC(C)C(=O)NCC(F)C(C)(C)OCCOCCOCCOCCOCC(C)=O. The van der Waals surface area contributed by atoms with Gasteiger partial charge in [-0.25, -0.2) is 4.39 Å². The van der Waals surface area contributed by atoms with Crippen LogP contribution in [0.1, 0.15) is 47.5 Å². The van der Waals surface area contributed by atoms with Crippen LogP contribution in [0.5, 0.6) is 0 Å². The first-order chi connectivity index (χ1) is 14.7. The number of ketones is 1. The number of nitrogens with one attached hydrogen (secondary N) is 1. The van der Waals surface area contributed by atoms with Gasteiger partial charge in [-0.15, -0.1) is 0 Å². The van der Waals surface area contributed by atoms with Crippen LogP contribution in [-0.2, 0) is 33.3 Å². The van der Waals surface area contributed by atoms with Crippen LogP contribution < -0.4 is 5.32 Å². The second-order valence-corrected chi connectivity index (χ2v) is 7.95. The van der Waals surface area contributed by atoms with Crippen LogP contribution in [0, 0.1) is 5.92 Å². The molecule has 0 aromatic carbocycles. The van der Waals surface area contributed by atoms with E-state index in [1.165, 1.54) is 6.92 Å². The molecule has 0 aromatic heterocycles. The predicted octanol–water partition coefficient (Wildman–Crippen LogP) is 2.33. The average molecular weight is 452 g/mol. The van der Waals surface area contributed by atoms with Gasteiger partial charge in [-0.3, -0.25) is 9.59 Å². The molecule has 2 atom stereocenters. The highest BCUT2D eigenvalue weighted by molar-refractivity contribution is 5.78. The molecule has 1 N–H and O–H groups in total. The maximum atomic E-state index is 14.4. The summed E-state index contributed by atoms with van der Waals surface area (Å²) < 4.78 is 41.2. The molecule has 0 aromatic rings. The van der Waals surface area contributed by atoms with E-state index in [-0.39, 0.29) is 37.4 Å². The quantitative estimate of drug-likeness (QED) is 0.268. The van der Waals surface area contributed by atoms with Crippen LogP contribution in [0.25, 0.3) is 0 Å². The molecule has 2 unspecified atom stereocenters. The molecule has 184 valence electrons. The van der Waals surface area contributed by atoms with Crippen molar-refractivity contribution in [1.82, 2.24) is 5.32 Å². The molecule has 1 amide bonds. The van der Waals surface area contributed by atoms with Crippen molar-refractivity contribution >= 4 is 11.7 Å². The summed E-state index contributed by atoms with van der Waals surface area (Å²) in [6, 6.07) is 0. The van der Waals surface area contributed by atoms with E-state index in [4.69, 9.17) is 23.7 Å². The third-order valence-electron chi connectivity index (χ3n) is 4.50. The Morgan fingerprint density at radius 3 is 1.87 bits per heavy atom. The molecule has 0 saturated carbocycles. The van der Waals surface area contributed by atoms with E-state index in [0.29, 0.717) is 46.2 Å². The molecule has 0 aliphatic rings. The van der Waals surface area contributed by atoms with Gasteiger partial charge in [0.2, 0.25) is 5.91 Å². The molecule has 0 rings (SSSR count). The zero-order valence-electron chi connectivity index (χ0n) is 19.9. The summed E-state index contributed by atoms with van der Waals surface area (Å²) in [7, 11) is 0. The van der Waals surface area contributed by atoms with Gasteiger partial charge in [0.25, 0.3) is 0 Å². The first-order valence-electron chi connectivity index (χ1n) is 11.1. The van der Waals surface area contributed by atoms with Crippen molar-refractivity contribution in [2.24, 2.45) is 5.92 Å². The number of carbonyl (C=O) groups excluding carboxylic acids is 2. The lowest BCUT2D eigenvalue weighted by Crippen LogP contribution is -2.45. The highest BCUT2D eigenvalue weighted by Gasteiger charge is 2.31. The second kappa shape index (κ2) is 18.4. The van der Waals surface area contributed by atoms with E-state index in [1.807, 2.05) is 13.8 Å². The zero-order valence-corrected chi connectivity index (χ0v) is 19.9. The molecular weight excluding hydrogens is 409 g/mol. The molecule has 0 aliphatic carbocycles. The number of halogens is 1. The second-order valence-electron chi connectivity index (χ2n) is 7.95. The number of carbonyl (C=O) groups is 2. The number of alkyl halides is 1. The summed E-state index contributed by atoms with van der Waals surface area (Å²) in [5.74, 6) is -0.256. The summed E-state index contributed by atoms with van der Waals surface area (Å²) in [4.78, 5) is 22.6. The summed E-state index contributed by atoms with van der Waals surface area (Å²) in [6.07, 6.45) is 0.384. The fourth-order valence-electron chi connectivity index (χ4n) is 2.50. The van der Waals surface area contributed by atoms with Gasteiger partial charge in [-0.05, 0) is 27.2 Å². The highest BCUT2D eigenvalue weighted by Crippen LogP contribution is 2.18. The maximum Gasteiger partial charge on any atom is 0.222 e. The molecule has 31 heavy (non-hydrogen) atoms. The summed E-state index contributed by atoms with van der Waals surface area (Å²) in [6.45, 7) is 11.7. The number of hydrogen-bond acceptors (Lipinski definition) is 7. The lowest BCUT2D eigenvalue weighted by Gasteiger charge is -2.29. The average Bonchev–Trinajstić information content (AvgIpc) is 2.71. The van der Waals surface area contributed by atoms with Gasteiger partial charge in [0.05, 0.1) is 65.0 Å². The zero-order chi connectivity index (χ0) is 23.5. The van der Waals surface area contributed by atoms with Gasteiger partial charge in [0, 0.05) is 5.92 Å². The van der Waals surface area contributed by atoms with Crippen LogP contribution in [-0.4, -0.2) is 89.5 Å². The minimum Gasteiger partial charge on any atom is -0.377 e. The molecule has 0 saturated heterocycles. The van der Waals surface area contributed by atoms with Crippen LogP contribution >= 0.6 is 0 Å². The van der Waals surface area contributed by atoms with E-state index in [1.54, 1.807) is 13.8 Å². The molecular formula is C22H42FNO7. The number of rotatable bonds is 21. The van der Waals surface area contributed by atoms with Crippen molar-refractivity contribution in [2.45, 2.75) is 59.2 Å². The Morgan fingerprint density at radius 2 is 1.39 bits per heavy atom. The maximum absolute atomic E-state index is 14.4. The Balaban J connectivity index is 3.61. The fraction of sp³-hybridized carbons (Fsp3) is 0.909. The molecule has 0 spiro atoms. The van der Waals surface area contributed by atoms with E-state index < -0.39 is 11.8 Å². The minimum atomic E-state index is -1.32. The van der Waals surface area contributed by atoms with Crippen molar-refractivity contribution < 1.29 is 37.7 Å². The third kappa shape index (κ3) is 17.1. The van der Waals surface area contributed by atoms with Gasteiger partial charge in [-0.1, -0.05) is 20.3 Å². The van der Waals surface area contributed by atoms with Gasteiger partial charge in [0.1, 0.15) is 12.8 Å². The normalized spacial score (nSPS) is 13.7. The lowest BCUT2D eigenvalue weighted by molar-refractivity contribution is -0.126. The number of Topliss-reactive ketones (excluding diaryl/α,β-unsaturated/α-hetero) is 1. The molecule has 8 nitrogen and oxygen atoms in total. The fourth-order valence-corrected chi connectivity index (χ4v) is 2.50. The standard InChI is InChI=1S/C22H42FNO7/c1-6-7-18(2)21(26)24-16-20(23)22(4,5)31-15-14-29-11-10-27-8-9-28-12-13-30-17-19(3)25/h18,20H,6-17H2,1-5H3,(H,24,26). The van der Waals surface area contributed by atoms with Crippen molar-refractivity contribution in [3.8, 4) is 0 Å². The molecule has 0 bridgehead atoms. The van der Waals surface area contributed by atoms with Gasteiger partial charge in [0.15, 0.2) is 5.78 Å². The van der Waals surface area contributed by atoms with Crippen molar-refractivity contribution in [3.63, 3.8) is 0 Å². The van der Waals surface area contributed by atoms with Crippen LogP contribution in [0.15, 0.2) is 0 Å². The van der Waals surface area contributed by atoms with Gasteiger partial charge >= 0.3 is 0 Å². The largest absolute Gasteiger partial charge is 0.377 e. The summed E-state index contributed by atoms with van der Waals surface area (Å²) >= 11 is 0. The Kier molecular flexibility index (Phi) is 17.8. The summed E-state index contributed by atoms with van der Waals surface area (Å²) in [5.41, 5.74) is -1.02. The monoisotopic (exact) mass is 451 g/mol. The van der Waals surface area contributed by atoms with Crippen molar-refractivity contribution in [1.29, 1.82) is 0 Å². The van der Waals surface area contributed by atoms with E-state index in [0.717, 1.165) is 12.8 Å². The predicted molar refractivity (Wildman–Crippen MR) is 116 cm³/mol. The third-order valence-corrected chi connectivity index (χ3v) is 4.50. The molecule has 0 radical (unpaired) electrons. The van der Waals surface area contributed by atoms with Gasteiger partial charge in [-0.2, -0.15) is 0 Å². The lowest BCUT2D eigenvalue weighted by atomic mass is 10.0. The number of amides is 1. The van der Waals surface area contributed by atoms with Gasteiger partial charge < -0.3 is 29.0 Å². The topological polar surface area (TPSA) is 92.3 Å². The van der Waals surface area contributed by atoms with Crippen molar-refractivity contribution in [2.75, 3.05) is 66.0 Å². The Bertz CT molecular complexity index is 477. The first-order valence-corrected chi connectivity index (χ1v) is 11.1. The Labute approximate surface area is 186 Å². The van der Waals surface area contributed by atoms with E-state index >= 15 is 0 Å². The number of hydrogen-bond donors (Lipinski definition) is 1. The van der Waals surface area contributed by atoms with Crippen LogP contribution in [0.2, 0.25) is 0 Å². The molecule has 9 heteroatoms. The van der Waals surface area contributed by atoms with Crippen molar-refractivity contribution in [3.05, 3.63) is 0 Å². The minimum absolute atomic E-state index is 0.0113. The highest BCUT2D eigenvalue weighted by atomic mass is 19.1. The van der Waals surface area contributed by atoms with E-state index in [2.05, 4.69) is 5.32 Å². The first kappa shape index (κ1) is 29.9. The Morgan fingerprint density at radius 1 is 0.903 bits per heavy atom. The number of ether oxygens (including phenoxy) is 5. The Hall–Kier alpha value is -1.13. The van der Waals surface area contributed by atoms with Crippen LogP contribution in [0.3, 0.4) is 0 Å². The summed E-state index contributed by atoms with van der Waals surface area (Å²) in [5, 5.41) is 2.65. The molecule has 0 heterocycles. The smallest absolute Gasteiger partial charge is 0.222 e. The molecule has 0 aliphatic heterocycles.